The van der Waals surface area contributed by atoms with Gasteiger partial charge in [0.2, 0.25) is 5.91 Å². The van der Waals surface area contributed by atoms with Gasteiger partial charge in [0.15, 0.2) is 0 Å². The maximum atomic E-state index is 11.7. The molecule has 20 heavy (non-hydrogen) atoms. The van der Waals surface area contributed by atoms with E-state index in [2.05, 4.69) is 21.2 Å². The Balaban J connectivity index is 1.71. The number of nitrogens with two attached hydrogens (primary N) is 1. The van der Waals surface area contributed by atoms with Crippen molar-refractivity contribution in [2.45, 2.75) is 13.0 Å². The maximum Gasteiger partial charge on any atom is 0.223 e. The molecule has 0 fully saturated rings. The molecule has 0 saturated heterocycles. The summed E-state index contributed by atoms with van der Waals surface area (Å²) in [6, 6.07) is 9.21. The van der Waals surface area contributed by atoms with Crippen LogP contribution in [-0.2, 0) is 11.3 Å². The average Bonchev–Trinajstić information content (AvgIpc) is 2.84. The smallest absolute Gasteiger partial charge is 0.223 e. The Labute approximate surface area is 130 Å². The van der Waals surface area contributed by atoms with E-state index in [1.54, 1.807) is 23.5 Å². The normalized spacial score (nSPS) is 10.2. The largest absolute Gasteiger partial charge is 0.491 e. The van der Waals surface area contributed by atoms with Gasteiger partial charge in [-0.3, -0.25) is 4.79 Å². The molecule has 0 aliphatic heterocycles. The highest BCUT2D eigenvalue weighted by atomic mass is 79.9. The lowest BCUT2D eigenvalue weighted by molar-refractivity contribution is -0.121. The van der Waals surface area contributed by atoms with Crippen molar-refractivity contribution in [3.8, 4) is 5.75 Å². The number of rotatable bonds is 6. The summed E-state index contributed by atoms with van der Waals surface area (Å²) in [4.78, 5) is 12.8. The Morgan fingerprint density at radius 3 is 2.85 bits per heavy atom. The average molecular weight is 355 g/mol. The minimum absolute atomic E-state index is 0.0418. The first-order valence-corrected chi connectivity index (χ1v) is 7.80. The Morgan fingerprint density at radius 2 is 2.15 bits per heavy atom. The molecule has 3 N–H and O–H groups in total. The summed E-state index contributed by atoms with van der Waals surface area (Å²) in [5, 5.41) is 4.84. The lowest BCUT2D eigenvalue weighted by Gasteiger charge is -2.08. The second kappa shape index (κ2) is 7.31. The lowest BCUT2D eigenvalue weighted by Crippen LogP contribution is -2.24. The number of carbonyl (C=O) groups excluding carboxylic acids is 1. The summed E-state index contributed by atoms with van der Waals surface area (Å²) in [5.74, 6) is 0.570. The molecule has 2 aromatic rings. The van der Waals surface area contributed by atoms with Crippen LogP contribution in [0.4, 0.5) is 5.69 Å². The highest BCUT2D eigenvalue weighted by Gasteiger charge is 2.06. The van der Waals surface area contributed by atoms with Gasteiger partial charge in [-0.15, -0.1) is 11.3 Å². The van der Waals surface area contributed by atoms with Gasteiger partial charge >= 0.3 is 0 Å². The Hall–Kier alpha value is -1.53. The summed E-state index contributed by atoms with van der Waals surface area (Å²) in [6.07, 6.45) is 0.303. The van der Waals surface area contributed by atoms with Crippen molar-refractivity contribution in [2.24, 2.45) is 0 Å². The van der Waals surface area contributed by atoms with Crippen molar-refractivity contribution in [1.29, 1.82) is 0 Å². The Morgan fingerprint density at radius 1 is 1.35 bits per heavy atom. The van der Waals surface area contributed by atoms with Crippen LogP contribution in [0.3, 0.4) is 0 Å². The van der Waals surface area contributed by atoms with Gasteiger partial charge in [0, 0.05) is 9.35 Å². The first kappa shape index (κ1) is 14.9. The molecule has 1 amide bonds. The number of amides is 1. The van der Waals surface area contributed by atoms with Gasteiger partial charge in [-0.2, -0.15) is 0 Å². The second-order valence-corrected chi connectivity index (χ2v) is 5.96. The van der Waals surface area contributed by atoms with Gasteiger partial charge in [-0.05, 0) is 39.5 Å². The van der Waals surface area contributed by atoms with E-state index >= 15 is 0 Å². The van der Waals surface area contributed by atoms with E-state index in [1.165, 1.54) is 0 Å². The van der Waals surface area contributed by atoms with Gasteiger partial charge in [0.1, 0.15) is 5.75 Å². The monoisotopic (exact) mass is 354 g/mol. The first-order chi connectivity index (χ1) is 9.66. The molecule has 0 aliphatic carbocycles. The molecule has 0 bridgehead atoms. The molecule has 0 spiro atoms. The Kier molecular flexibility index (Phi) is 5.43. The topological polar surface area (TPSA) is 64.3 Å². The fourth-order valence-corrected chi connectivity index (χ4v) is 3.02. The maximum absolute atomic E-state index is 11.7. The van der Waals surface area contributed by atoms with Crippen LogP contribution in [0.2, 0.25) is 0 Å². The molecule has 0 unspecified atom stereocenters. The van der Waals surface area contributed by atoms with Crippen LogP contribution in [0.5, 0.6) is 5.75 Å². The predicted octanol–water partition coefficient (Wildman–Crippen LogP) is 3.18. The SMILES string of the molecule is Nc1ccccc1OCCC(=O)NCc1sccc1Br. The zero-order valence-electron chi connectivity index (χ0n) is 10.8. The first-order valence-electron chi connectivity index (χ1n) is 6.12. The van der Waals surface area contributed by atoms with Gasteiger partial charge in [-0.25, -0.2) is 0 Å². The quantitative estimate of drug-likeness (QED) is 0.783. The van der Waals surface area contributed by atoms with Gasteiger partial charge in [0.25, 0.3) is 0 Å². The molecular formula is C14H15BrN2O2S. The van der Waals surface area contributed by atoms with Crippen LogP contribution in [0.15, 0.2) is 40.2 Å². The molecule has 0 aliphatic rings. The zero-order valence-corrected chi connectivity index (χ0v) is 13.2. The summed E-state index contributed by atoms with van der Waals surface area (Å²) in [5.41, 5.74) is 6.33. The van der Waals surface area contributed by atoms with Crippen LogP contribution in [-0.4, -0.2) is 12.5 Å². The third-order valence-electron chi connectivity index (χ3n) is 2.64. The highest BCUT2D eigenvalue weighted by molar-refractivity contribution is 9.10. The zero-order chi connectivity index (χ0) is 14.4. The van der Waals surface area contributed by atoms with E-state index in [9.17, 15) is 4.79 Å². The molecule has 1 heterocycles. The van der Waals surface area contributed by atoms with E-state index in [1.807, 2.05) is 23.6 Å². The van der Waals surface area contributed by atoms with E-state index in [0.29, 0.717) is 31.0 Å². The molecule has 106 valence electrons. The molecule has 1 aromatic carbocycles. The van der Waals surface area contributed by atoms with Crippen molar-refractivity contribution < 1.29 is 9.53 Å². The number of halogens is 1. The number of nitrogens with one attached hydrogen (secondary N) is 1. The molecule has 0 atom stereocenters. The number of para-hydroxylation sites is 2. The van der Waals surface area contributed by atoms with Gasteiger partial charge in [0.05, 0.1) is 25.3 Å². The van der Waals surface area contributed by atoms with E-state index in [0.717, 1.165) is 9.35 Å². The second-order valence-electron chi connectivity index (χ2n) is 4.10. The number of carbonyl (C=O) groups is 1. The molecule has 4 nitrogen and oxygen atoms in total. The standard InChI is InChI=1S/C14H15BrN2O2S/c15-10-6-8-20-13(10)9-17-14(18)5-7-19-12-4-2-1-3-11(12)16/h1-4,6,8H,5,7,9,16H2,(H,17,18). The molecule has 2 rings (SSSR count). The van der Waals surface area contributed by atoms with Crippen LogP contribution < -0.4 is 15.8 Å². The van der Waals surface area contributed by atoms with Crippen LogP contribution in [0, 0.1) is 0 Å². The number of benzene rings is 1. The third kappa shape index (κ3) is 4.25. The van der Waals surface area contributed by atoms with Crippen molar-refractivity contribution in [1.82, 2.24) is 5.32 Å². The van der Waals surface area contributed by atoms with Crippen molar-refractivity contribution in [3.05, 3.63) is 45.1 Å². The van der Waals surface area contributed by atoms with Crippen molar-refractivity contribution in [3.63, 3.8) is 0 Å². The van der Waals surface area contributed by atoms with Crippen LogP contribution >= 0.6 is 27.3 Å². The van der Waals surface area contributed by atoms with Crippen LogP contribution in [0.25, 0.3) is 0 Å². The van der Waals surface area contributed by atoms with E-state index < -0.39 is 0 Å². The summed E-state index contributed by atoms with van der Waals surface area (Å²) in [7, 11) is 0. The summed E-state index contributed by atoms with van der Waals surface area (Å²) >= 11 is 5.03. The number of thiophene rings is 1. The number of hydrogen-bond donors (Lipinski definition) is 2. The number of anilines is 1. The predicted molar refractivity (Wildman–Crippen MR) is 84.8 cm³/mol. The molecule has 0 saturated carbocycles. The number of nitrogen functional groups attached to an aromatic ring is 1. The number of hydrogen-bond acceptors (Lipinski definition) is 4. The summed E-state index contributed by atoms with van der Waals surface area (Å²) < 4.78 is 6.50. The Bertz CT molecular complexity index is 586. The lowest BCUT2D eigenvalue weighted by atomic mass is 10.3. The fourth-order valence-electron chi connectivity index (χ4n) is 1.58. The van der Waals surface area contributed by atoms with E-state index in [4.69, 9.17) is 10.5 Å². The highest BCUT2D eigenvalue weighted by Crippen LogP contribution is 2.22. The minimum Gasteiger partial charge on any atom is -0.491 e. The van der Waals surface area contributed by atoms with Gasteiger partial charge in [-0.1, -0.05) is 12.1 Å². The molecule has 0 radical (unpaired) electrons. The van der Waals surface area contributed by atoms with Crippen LogP contribution in [0.1, 0.15) is 11.3 Å². The minimum atomic E-state index is -0.0418. The number of ether oxygens (including phenoxy) is 1. The molecule has 6 heteroatoms. The third-order valence-corrected chi connectivity index (χ3v) is 4.57. The van der Waals surface area contributed by atoms with E-state index in [-0.39, 0.29) is 5.91 Å². The van der Waals surface area contributed by atoms with Crippen molar-refractivity contribution in [2.75, 3.05) is 12.3 Å². The molecular weight excluding hydrogens is 340 g/mol. The fraction of sp³-hybridized carbons (Fsp3) is 0.214. The molecule has 1 aromatic heterocycles. The summed E-state index contributed by atoms with van der Waals surface area (Å²) in [6.45, 7) is 0.843. The van der Waals surface area contributed by atoms with Crippen molar-refractivity contribution >= 4 is 38.9 Å². The van der Waals surface area contributed by atoms with Gasteiger partial charge < -0.3 is 15.8 Å².